The van der Waals surface area contributed by atoms with Crippen LogP contribution in [0, 0.1) is 11.8 Å². The molecule has 4 amide bonds. The molecule has 0 aromatic heterocycles. The van der Waals surface area contributed by atoms with Crippen LogP contribution >= 0.6 is 27.0 Å². The zero-order chi connectivity index (χ0) is 52.9. The van der Waals surface area contributed by atoms with E-state index in [1.807, 2.05) is 103 Å². The van der Waals surface area contributed by atoms with Gasteiger partial charge in [-0.05, 0) is 110 Å². The summed E-state index contributed by atoms with van der Waals surface area (Å²) in [5.41, 5.74) is 7.56. The van der Waals surface area contributed by atoms with Crippen LogP contribution in [0.1, 0.15) is 107 Å². The van der Waals surface area contributed by atoms with Crippen molar-refractivity contribution in [2.24, 2.45) is 22.6 Å². The topological polar surface area (TPSA) is 221 Å². The van der Waals surface area contributed by atoms with E-state index in [0.717, 1.165) is 44.7 Å². The van der Waals surface area contributed by atoms with E-state index in [2.05, 4.69) is 45.4 Å². The van der Waals surface area contributed by atoms with E-state index in [0.29, 0.717) is 49.8 Å². The fraction of sp³-hybridized carbons (Fsp3) is 0.458. The minimum absolute atomic E-state index is 0. The number of hydrogen-bond acceptors (Lipinski definition) is 10. The number of hydrogen-bond donors (Lipinski definition) is 6. The molecule has 5 aromatic carbocycles. The molecule has 0 fully saturated rings. The van der Waals surface area contributed by atoms with Crippen molar-refractivity contribution in [2.75, 3.05) is 33.4 Å². The van der Waals surface area contributed by atoms with E-state index in [1.165, 1.54) is 0 Å². The average Bonchev–Trinajstić information content (AvgIpc) is 3.36. The number of nitrogens with zero attached hydrogens (tertiary/aromatic N) is 1. The zero-order valence-electron chi connectivity index (χ0n) is 44.7. The molecule has 0 heterocycles. The number of nitrogens with one attached hydrogen (secondary N) is 5. The first-order valence-electron chi connectivity index (χ1n) is 25.3. The molecule has 0 saturated carbocycles. The zero-order valence-corrected chi connectivity index (χ0v) is 46.7. The number of amides is 4. The molecule has 424 valence electrons. The summed E-state index contributed by atoms with van der Waals surface area (Å²) in [5, 5.41) is 18.1. The molecule has 0 bridgehead atoms. The second-order valence-electron chi connectivity index (χ2n) is 19.7. The third-order valence-corrected chi connectivity index (χ3v) is 11.9. The Kier molecular flexibility index (Phi) is 30.3. The van der Waals surface area contributed by atoms with Gasteiger partial charge in [-0.25, -0.2) is 9.59 Å². The van der Waals surface area contributed by atoms with E-state index >= 15 is 0 Å². The Morgan fingerprint density at radius 1 is 0.623 bits per heavy atom. The second kappa shape index (κ2) is 34.2. The molecular weight excluding hydrogens is 1010 g/mol. The lowest BCUT2D eigenvalue weighted by molar-refractivity contribution is -0.150. The van der Waals surface area contributed by atoms with E-state index in [-0.39, 0.29) is 79.7 Å². The Morgan fingerprint density at radius 2 is 1.16 bits per heavy atom. The summed E-state index contributed by atoms with van der Waals surface area (Å²) in [6, 6.07) is 29.7. The SMILES string of the molecule is C.C.CN=C(N)NCCC[C@@H](NC(=O)[C@@H](CCCCNC(=O)OC(C)(C)C)NC(=O)COc1ccc2ccccc2c1-c1c(OCCC(C)C)ccc2ccccc12)C(=O)N[C@H](C(=O)OCc1ccccc1)C(C)C.S.S. The summed E-state index contributed by atoms with van der Waals surface area (Å²) in [5.74, 6) is -1.05. The van der Waals surface area contributed by atoms with Crippen molar-refractivity contribution < 1.29 is 42.9 Å². The molecule has 3 atom stereocenters. The molecule has 5 aromatic rings. The Hall–Kier alpha value is -6.66. The van der Waals surface area contributed by atoms with Gasteiger partial charge in [0.25, 0.3) is 5.91 Å². The highest BCUT2D eigenvalue weighted by Crippen LogP contribution is 2.45. The Bertz CT molecular complexity index is 2660. The van der Waals surface area contributed by atoms with Crippen molar-refractivity contribution in [3.05, 3.63) is 109 Å². The first-order valence-corrected chi connectivity index (χ1v) is 25.3. The Balaban J connectivity index is 0.00000741. The van der Waals surface area contributed by atoms with E-state index in [1.54, 1.807) is 41.7 Å². The maximum Gasteiger partial charge on any atom is 0.407 e. The number of rotatable bonds is 26. The molecule has 0 spiro atoms. The van der Waals surface area contributed by atoms with Crippen LogP contribution in [0.25, 0.3) is 32.7 Å². The number of aliphatic imine (C=N–C) groups is 1. The highest BCUT2D eigenvalue weighted by molar-refractivity contribution is 7.59. The van der Waals surface area contributed by atoms with Crippen LogP contribution in [0.5, 0.6) is 11.5 Å². The van der Waals surface area contributed by atoms with Crippen molar-refractivity contribution in [3.63, 3.8) is 0 Å². The van der Waals surface area contributed by atoms with Gasteiger partial charge in [0.15, 0.2) is 12.6 Å². The molecule has 0 radical (unpaired) electrons. The van der Waals surface area contributed by atoms with Gasteiger partial charge in [-0.3, -0.25) is 19.4 Å². The van der Waals surface area contributed by atoms with Crippen LogP contribution in [0.2, 0.25) is 0 Å². The quantitative estimate of drug-likeness (QED) is 0.0132. The molecule has 0 unspecified atom stereocenters. The summed E-state index contributed by atoms with van der Waals surface area (Å²) in [7, 11) is 1.54. The smallest absolute Gasteiger partial charge is 0.407 e. The number of carbonyl (C=O) groups is 5. The molecule has 0 aliphatic heterocycles. The maximum atomic E-state index is 14.5. The summed E-state index contributed by atoms with van der Waals surface area (Å²) >= 11 is 0. The van der Waals surface area contributed by atoms with Crippen LogP contribution in [-0.4, -0.2) is 92.8 Å². The molecular formula is C59H87N7O9S2. The Morgan fingerprint density at radius 3 is 1.73 bits per heavy atom. The Labute approximate surface area is 471 Å². The first kappa shape index (κ1) is 68.4. The lowest BCUT2D eigenvalue weighted by Gasteiger charge is -2.26. The van der Waals surface area contributed by atoms with Gasteiger partial charge < -0.3 is 51.3 Å². The monoisotopic (exact) mass is 1100 g/mol. The van der Waals surface area contributed by atoms with Crippen LogP contribution in [0.4, 0.5) is 4.79 Å². The number of ether oxygens (including phenoxy) is 4. The number of fused-ring (bicyclic) bond motifs is 2. The van der Waals surface area contributed by atoms with Crippen LogP contribution in [-0.2, 0) is 35.3 Å². The number of guanidine groups is 1. The summed E-state index contributed by atoms with van der Waals surface area (Å²) < 4.78 is 23.9. The van der Waals surface area contributed by atoms with Crippen molar-refractivity contribution in [1.29, 1.82) is 0 Å². The molecule has 0 saturated heterocycles. The van der Waals surface area contributed by atoms with Gasteiger partial charge in [-0.2, -0.15) is 27.0 Å². The van der Waals surface area contributed by atoms with Crippen LogP contribution in [0.3, 0.4) is 0 Å². The lowest BCUT2D eigenvalue weighted by Crippen LogP contribution is -2.57. The number of nitrogens with two attached hydrogens (primary N) is 1. The fourth-order valence-electron chi connectivity index (χ4n) is 8.00. The average molecular weight is 1100 g/mol. The van der Waals surface area contributed by atoms with E-state index in [9.17, 15) is 24.0 Å². The first-order chi connectivity index (χ1) is 34.9. The van der Waals surface area contributed by atoms with Gasteiger partial charge in [0.05, 0.1) is 6.61 Å². The van der Waals surface area contributed by atoms with Gasteiger partial charge >= 0.3 is 12.1 Å². The standard InChI is InChI=1S/C57H75N7O9.2CH4.2H2S/c1-37(2)31-34-70-46-29-27-40-21-12-14-23-42(40)49(46)50-43-24-15-13-22-41(43)28-30-47(50)71-36-48(65)62-44(25-16-17-32-61-56(69)73-57(5,6)7)52(66)63-45(26-18-33-60-55(58)59-8)53(67)64-51(38(3)4)54(68)72-35-39-19-10-9-11-20-39;;;;/h9-15,19-24,27-30,37-38,44-45,51H,16-18,25-26,31-36H2,1-8H3,(H,61,69)(H,62,65)(H,63,66)(H,64,67)(H3,58,59,60);2*1H4;2*1H2/t44-,45-,51+;;;;/m1..../s1. The number of esters is 1. The molecule has 18 heteroatoms. The molecule has 0 aliphatic carbocycles. The predicted molar refractivity (Wildman–Crippen MR) is 321 cm³/mol. The number of benzene rings is 5. The van der Waals surface area contributed by atoms with Crippen LogP contribution < -0.4 is 41.8 Å². The third-order valence-electron chi connectivity index (χ3n) is 11.9. The van der Waals surface area contributed by atoms with Crippen molar-refractivity contribution >= 4 is 84.3 Å². The molecule has 16 nitrogen and oxygen atoms in total. The highest BCUT2D eigenvalue weighted by atomic mass is 32.1. The normalized spacial score (nSPS) is 12.3. The van der Waals surface area contributed by atoms with Crippen molar-refractivity contribution in [3.8, 4) is 22.6 Å². The lowest BCUT2D eigenvalue weighted by atomic mass is 9.92. The maximum absolute atomic E-state index is 14.5. The minimum atomic E-state index is -1.14. The summed E-state index contributed by atoms with van der Waals surface area (Å²) in [6.45, 7) is 13.8. The van der Waals surface area contributed by atoms with E-state index < -0.39 is 60.1 Å². The molecule has 5 rings (SSSR count). The van der Waals surface area contributed by atoms with Gasteiger partial charge in [-0.1, -0.05) is 134 Å². The van der Waals surface area contributed by atoms with Crippen molar-refractivity contribution in [2.45, 2.75) is 132 Å². The minimum Gasteiger partial charge on any atom is -0.493 e. The molecule has 7 N–H and O–H groups in total. The largest absolute Gasteiger partial charge is 0.493 e. The van der Waals surface area contributed by atoms with E-state index in [4.69, 9.17) is 24.7 Å². The third kappa shape index (κ3) is 22.1. The van der Waals surface area contributed by atoms with Gasteiger partial charge in [0, 0.05) is 31.3 Å². The van der Waals surface area contributed by atoms with Gasteiger partial charge in [-0.15, -0.1) is 0 Å². The number of carbonyl (C=O) groups excluding carboxylic acids is 5. The van der Waals surface area contributed by atoms with Crippen LogP contribution in [0.15, 0.2) is 108 Å². The van der Waals surface area contributed by atoms with Crippen molar-refractivity contribution in [1.82, 2.24) is 26.6 Å². The highest BCUT2D eigenvalue weighted by Gasteiger charge is 2.32. The fourth-order valence-corrected chi connectivity index (χ4v) is 8.00. The summed E-state index contributed by atoms with van der Waals surface area (Å²) in [6.07, 6.45) is 1.77. The summed E-state index contributed by atoms with van der Waals surface area (Å²) in [4.78, 5) is 72.5. The number of unbranched alkanes of at least 4 members (excludes halogenated alkanes) is 1. The molecule has 0 aliphatic rings. The predicted octanol–water partition coefficient (Wildman–Crippen LogP) is 9.82. The second-order valence-corrected chi connectivity index (χ2v) is 19.7. The molecule has 77 heavy (non-hydrogen) atoms. The van der Waals surface area contributed by atoms with Gasteiger partial charge in [0.2, 0.25) is 11.8 Å². The van der Waals surface area contributed by atoms with Gasteiger partial charge in [0.1, 0.15) is 41.8 Å². The number of alkyl carbamates (subject to hydrolysis) is 1.